The SMILES string of the molecule is Cc1ccc(CSCC(=O)N(CC(C)C)c2c(N)n(CC(C)C)c(=O)[nH]c2=O)cc1. The molecule has 0 aliphatic rings. The van der Waals surface area contributed by atoms with Crippen molar-refractivity contribution in [3.05, 3.63) is 56.2 Å². The predicted octanol–water partition coefficient (Wildman–Crippen LogP) is 3.01. The maximum atomic E-state index is 13.1. The van der Waals surface area contributed by atoms with Crippen LogP contribution in [0.1, 0.15) is 38.8 Å². The standard InChI is InChI=1S/C22H32N4O3S/c1-14(2)10-25(18(27)13-30-12-17-8-6-16(5)7-9-17)19-20(23)26(11-15(3)4)22(29)24-21(19)28/h6-9,14-15H,10-13,23H2,1-5H3,(H,24,28,29). The molecule has 1 aromatic heterocycles. The quantitative estimate of drug-likeness (QED) is 0.634. The highest BCUT2D eigenvalue weighted by Crippen LogP contribution is 2.21. The molecule has 30 heavy (non-hydrogen) atoms. The number of thioether (sulfide) groups is 1. The zero-order chi connectivity index (χ0) is 22.4. The molecule has 2 aromatic rings. The largest absolute Gasteiger partial charge is 0.383 e. The Morgan fingerprint density at radius 2 is 1.77 bits per heavy atom. The number of benzene rings is 1. The lowest BCUT2D eigenvalue weighted by molar-refractivity contribution is -0.116. The highest BCUT2D eigenvalue weighted by Gasteiger charge is 2.25. The van der Waals surface area contributed by atoms with Crippen molar-refractivity contribution >= 4 is 29.2 Å². The summed E-state index contributed by atoms with van der Waals surface area (Å²) in [6.07, 6.45) is 0. The number of aromatic nitrogens is 2. The molecule has 8 heteroatoms. The van der Waals surface area contributed by atoms with Gasteiger partial charge in [-0.3, -0.25) is 19.1 Å². The van der Waals surface area contributed by atoms with Crippen LogP contribution in [-0.4, -0.2) is 27.8 Å². The molecular formula is C22H32N4O3S. The Bertz CT molecular complexity index is 977. The average Bonchev–Trinajstić information content (AvgIpc) is 2.65. The van der Waals surface area contributed by atoms with Crippen LogP contribution in [0.2, 0.25) is 0 Å². The van der Waals surface area contributed by atoms with E-state index in [-0.39, 0.29) is 35.0 Å². The van der Waals surface area contributed by atoms with E-state index in [9.17, 15) is 14.4 Å². The summed E-state index contributed by atoms with van der Waals surface area (Å²) in [6, 6.07) is 8.17. The molecule has 0 atom stereocenters. The zero-order valence-corrected chi connectivity index (χ0v) is 19.2. The van der Waals surface area contributed by atoms with Crippen molar-refractivity contribution in [3.63, 3.8) is 0 Å². The molecule has 0 saturated carbocycles. The van der Waals surface area contributed by atoms with E-state index in [1.807, 2.05) is 58.9 Å². The number of hydrogen-bond acceptors (Lipinski definition) is 5. The van der Waals surface area contributed by atoms with E-state index in [4.69, 9.17) is 5.73 Å². The molecule has 0 radical (unpaired) electrons. The van der Waals surface area contributed by atoms with Crippen molar-refractivity contribution in [2.75, 3.05) is 22.9 Å². The molecule has 1 heterocycles. The van der Waals surface area contributed by atoms with Crippen molar-refractivity contribution in [3.8, 4) is 0 Å². The van der Waals surface area contributed by atoms with Gasteiger partial charge in [-0.25, -0.2) is 4.79 Å². The minimum absolute atomic E-state index is 0.0370. The molecule has 0 aliphatic carbocycles. The van der Waals surface area contributed by atoms with Crippen LogP contribution in [-0.2, 0) is 17.1 Å². The topological polar surface area (TPSA) is 101 Å². The predicted molar refractivity (Wildman–Crippen MR) is 125 cm³/mol. The van der Waals surface area contributed by atoms with Gasteiger partial charge >= 0.3 is 5.69 Å². The fourth-order valence-electron chi connectivity index (χ4n) is 3.09. The summed E-state index contributed by atoms with van der Waals surface area (Å²) in [4.78, 5) is 41.6. The van der Waals surface area contributed by atoms with Gasteiger partial charge in [0.1, 0.15) is 5.82 Å². The smallest absolute Gasteiger partial charge is 0.330 e. The van der Waals surface area contributed by atoms with Gasteiger partial charge in [-0.1, -0.05) is 57.5 Å². The molecule has 0 unspecified atom stereocenters. The van der Waals surface area contributed by atoms with Crippen LogP contribution in [0.3, 0.4) is 0 Å². The summed E-state index contributed by atoms with van der Waals surface area (Å²) < 4.78 is 1.33. The van der Waals surface area contributed by atoms with Gasteiger partial charge in [0.05, 0.1) is 5.75 Å². The second kappa shape index (κ2) is 10.5. The van der Waals surface area contributed by atoms with Gasteiger partial charge in [-0.15, -0.1) is 11.8 Å². The highest BCUT2D eigenvalue weighted by molar-refractivity contribution is 7.99. The molecule has 3 N–H and O–H groups in total. The van der Waals surface area contributed by atoms with Gasteiger partial charge in [-0.05, 0) is 24.3 Å². The van der Waals surface area contributed by atoms with E-state index in [1.165, 1.54) is 26.8 Å². The van der Waals surface area contributed by atoms with Crippen LogP contribution in [0, 0.1) is 18.8 Å². The molecule has 0 bridgehead atoms. The monoisotopic (exact) mass is 432 g/mol. The summed E-state index contributed by atoms with van der Waals surface area (Å²) in [6.45, 7) is 10.6. The maximum Gasteiger partial charge on any atom is 0.330 e. The Morgan fingerprint density at radius 3 is 2.33 bits per heavy atom. The number of H-pyrrole nitrogens is 1. The summed E-state index contributed by atoms with van der Waals surface area (Å²) >= 11 is 1.49. The summed E-state index contributed by atoms with van der Waals surface area (Å²) in [5, 5.41) is 0. The number of nitrogen functional groups attached to an aromatic ring is 1. The number of aryl methyl sites for hydroxylation is 1. The number of nitrogens with zero attached hydrogens (tertiary/aromatic N) is 2. The number of anilines is 2. The molecular weight excluding hydrogens is 400 g/mol. The first kappa shape index (κ1) is 23.8. The summed E-state index contributed by atoms with van der Waals surface area (Å²) in [7, 11) is 0. The van der Waals surface area contributed by atoms with Gasteiger partial charge in [-0.2, -0.15) is 0 Å². The molecule has 0 saturated heterocycles. The van der Waals surface area contributed by atoms with Gasteiger partial charge in [0, 0.05) is 18.8 Å². The first-order chi connectivity index (χ1) is 14.1. The molecule has 2 rings (SSSR count). The lowest BCUT2D eigenvalue weighted by Gasteiger charge is -2.26. The van der Waals surface area contributed by atoms with Crippen LogP contribution >= 0.6 is 11.8 Å². The lowest BCUT2D eigenvalue weighted by Crippen LogP contribution is -2.43. The highest BCUT2D eigenvalue weighted by atomic mass is 32.2. The number of carbonyl (C=O) groups is 1. The van der Waals surface area contributed by atoms with Crippen molar-refractivity contribution in [1.82, 2.24) is 9.55 Å². The number of hydrogen-bond donors (Lipinski definition) is 2. The van der Waals surface area contributed by atoms with Gasteiger partial charge < -0.3 is 10.6 Å². The number of nitrogens with one attached hydrogen (secondary N) is 1. The van der Waals surface area contributed by atoms with Crippen LogP contribution in [0.15, 0.2) is 33.9 Å². The Hall–Kier alpha value is -2.48. The van der Waals surface area contributed by atoms with Gasteiger partial charge in [0.25, 0.3) is 5.56 Å². The molecule has 1 aromatic carbocycles. The molecule has 0 fully saturated rings. The van der Waals surface area contributed by atoms with E-state index in [2.05, 4.69) is 4.98 Å². The second-order valence-electron chi connectivity index (χ2n) is 8.37. The average molecular weight is 433 g/mol. The van der Waals surface area contributed by atoms with Crippen LogP contribution in [0.4, 0.5) is 11.5 Å². The number of amides is 1. The normalized spacial score (nSPS) is 11.3. The second-order valence-corrected chi connectivity index (χ2v) is 9.36. The third kappa shape index (κ3) is 6.26. The number of nitrogens with two attached hydrogens (primary N) is 1. The summed E-state index contributed by atoms with van der Waals surface area (Å²) in [5.41, 5.74) is 7.42. The van der Waals surface area contributed by atoms with E-state index in [1.54, 1.807) is 0 Å². The molecule has 0 aliphatic heterocycles. The fourth-order valence-corrected chi connectivity index (χ4v) is 3.95. The van der Waals surface area contributed by atoms with Crippen LogP contribution < -0.4 is 21.9 Å². The maximum absolute atomic E-state index is 13.1. The van der Waals surface area contributed by atoms with Gasteiger partial charge in [0.2, 0.25) is 5.91 Å². The van der Waals surface area contributed by atoms with Crippen molar-refractivity contribution < 1.29 is 4.79 Å². The lowest BCUT2D eigenvalue weighted by atomic mass is 10.2. The van der Waals surface area contributed by atoms with Gasteiger partial charge in [0.15, 0.2) is 5.69 Å². The van der Waals surface area contributed by atoms with Crippen LogP contribution in [0.25, 0.3) is 0 Å². The third-order valence-electron chi connectivity index (χ3n) is 4.50. The van der Waals surface area contributed by atoms with E-state index < -0.39 is 11.2 Å². The summed E-state index contributed by atoms with van der Waals surface area (Å²) in [5.74, 6) is 1.02. The Balaban J connectivity index is 2.28. The van der Waals surface area contributed by atoms with Crippen molar-refractivity contribution in [2.45, 2.75) is 46.9 Å². The molecule has 164 valence electrons. The first-order valence-electron chi connectivity index (χ1n) is 10.2. The molecule has 7 nitrogen and oxygen atoms in total. The van der Waals surface area contributed by atoms with E-state index >= 15 is 0 Å². The third-order valence-corrected chi connectivity index (χ3v) is 5.48. The van der Waals surface area contributed by atoms with Crippen molar-refractivity contribution in [1.29, 1.82) is 0 Å². The first-order valence-corrected chi connectivity index (χ1v) is 11.3. The van der Waals surface area contributed by atoms with Crippen molar-refractivity contribution in [2.24, 2.45) is 11.8 Å². The Morgan fingerprint density at radius 1 is 1.13 bits per heavy atom. The minimum Gasteiger partial charge on any atom is -0.383 e. The minimum atomic E-state index is -0.630. The van der Waals surface area contributed by atoms with E-state index in [0.29, 0.717) is 18.8 Å². The number of aromatic amines is 1. The Kier molecular flexibility index (Phi) is 8.34. The van der Waals surface area contributed by atoms with E-state index in [0.717, 1.165) is 5.56 Å². The molecule has 1 amide bonds. The molecule has 0 spiro atoms. The zero-order valence-electron chi connectivity index (χ0n) is 18.4. The fraction of sp³-hybridized carbons (Fsp3) is 0.500. The number of carbonyl (C=O) groups excluding carboxylic acids is 1. The Labute approximate surface area is 181 Å². The van der Waals surface area contributed by atoms with Crippen LogP contribution in [0.5, 0.6) is 0 Å². The number of rotatable bonds is 9.